The molecule has 1 aromatic carbocycles. The molecular weight excluding hydrogens is 232 g/mol. The first-order valence-electron chi connectivity index (χ1n) is 5.72. The largest absolute Gasteiger partial charge is 0.398 e. The molecule has 1 unspecified atom stereocenters. The molecule has 1 aliphatic rings. The van der Waals surface area contributed by atoms with Crippen LogP contribution in [0.25, 0.3) is 10.6 Å². The fraction of sp³-hybridized carbons (Fsp3) is 0.308. The summed E-state index contributed by atoms with van der Waals surface area (Å²) in [5.41, 5.74) is 8.92. The van der Waals surface area contributed by atoms with Gasteiger partial charge in [0.05, 0.1) is 12.3 Å². The van der Waals surface area contributed by atoms with Crippen LogP contribution in [0.5, 0.6) is 0 Å². The number of ether oxygens (including phenoxy) is 1. The third kappa shape index (κ3) is 2.06. The fourth-order valence-corrected chi connectivity index (χ4v) is 3.01. The minimum absolute atomic E-state index is 0.463. The topological polar surface area (TPSA) is 48.1 Å². The number of hydrogen-bond donors (Lipinski definition) is 1. The van der Waals surface area contributed by atoms with Crippen molar-refractivity contribution in [3.63, 3.8) is 0 Å². The second-order valence-corrected chi connectivity index (χ2v) is 5.08. The van der Waals surface area contributed by atoms with Crippen molar-refractivity contribution in [2.45, 2.75) is 12.3 Å². The van der Waals surface area contributed by atoms with Gasteiger partial charge in [0.2, 0.25) is 0 Å². The molecule has 88 valence electrons. The van der Waals surface area contributed by atoms with Gasteiger partial charge < -0.3 is 10.5 Å². The molecule has 17 heavy (non-hydrogen) atoms. The Bertz CT molecular complexity index is 518. The maximum atomic E-state index is 5.96. The van der Waals surface area contributed by atoms with Gasteiger partial charge in [0.25, 0.3) is 0 Å². The number of rotatable bonds is 2. The monoisotopic (exact) mass is 246 g/mol. The molecule has 3 nitrogen and oxygen atoms in total. The standard InChI is InChI=1S/C13H14N2OS/c14-11-4-2-1-3-10(11)13-15-12(8-17-13)9-5-6-16-7-9/h1-4,8-9H,5-7,14H2. The van der Waals surface area contributed by atoms with Crippen LogP contribution in [0, 0.1) is 0 Å². The highest BCUT2D eigenvalue weighted by molar-refractivity contribution is 7.13. The predicted octanol–water partition coefficient (Wildman–Crippen LogP) is 2.90. The highest BCUT2D eigenvalue weighted by atomic mass is 32.1. The summed E-state index contributed by atoms with van der Waals surface area (Å²) < 4.78 is 5.39. The number of para-hydroxylation sites is 1. The Kier molecular flexibility index (Phi) is 2.82. The van der Waals surface area contributed by atoms with Crippen LogP contribution in [0.1, 0.15) is 18.0 Å². The molecule has 2 N–H and O–H groups in total. The van der Waals surface area contributed by atoms with Crippen LogP contribution < -0.4 is 5.73 Å². The van der Waals surface area contributed by atoms with E-state index < -0.39 is 0 Å². The lowest BCUT2D eigenvalue weighted by atomic mass is 10.1. The van der Waals surface area contributed by atoms with Gasteiger partial charge in [-0.3, -0.25) is 0 Å². The molecule has 0 radical (unpaired) electrons. The molecule has 1 saturated heterocycles. The Morgan fingerprint density at radius 3 is 3.00 bits per heavy atom. The normalized spacial score (nSPS) is 19.6. The first-order chi connectivity index (χ1) is 8.34. The lowest BCUT2D eigenvalue weighted by molar-refractivity contribution is 0.193. The number of anilines is 1. The SMILES string of the molecule is Nc1ccccc1-c1nc(C2CCOC2)cs1. The predicted molar refractivity (Wildman–Crippen MR) is 70.1 cm³/mol. The molecule has 1 aromatic heterocycles. The van der Waals surface area contributed by atoms with Crippen LogP contribution in [0.15, 0.2) is 29.6 Å². The first-order valence-corrected chi connectivity index (χ1v) is 6.60. The van der Waals surface area contributed by atoms with E-state index in [1.807, 2.05) is 24.3 Å². The van der Waals surface area contributed by atoms with Gasteiger partial charge in [-0.15, -0.1) is 11.3 Å². The molecule has 0 amide bonds. The van der Waals surface area contributed by atoms with Crippen LogP contribution in [0.2, 0.25) is 0 Å². The Balaban J connectivity index is 1.92. The molecule has 2 aromatic rings. The van der Waals surface area contributed by atoms with E-state index in [1.54, 1.807) is 11.3 Å². The van der Waals surface area contributed by atoms with E-state index in [2.05, 4.69) is 10.4 Å². The molecule has 1 aliphatic heterocycles. The van der Waals surface area contributed by atoms with E-state index in [-0.39, 0.29) is 0 Å². The van der Waals surface area contributed by atoms with Crippen molar-refractivity contribution in [1.82, 2.24) is 4.98 Å². The molecule has 2 heterocycles. The number of aromatic nitrogens is 1. The van der Waals surface area contributed by atoms with Crippen molar-refractivity contribution >= 4 is 17.0 Å². The minimum Gasteiger partial charge on any atom is -0.398 e. The zero-order valence-electron chi connectivity index (χ0n) is 9.43. The average molecular weight is 246 g/mol. The number of hydrogen-bond acceptors (Lipinski definition) is 4. The van der Waals surface area contributed by atoms with E-state index in [9.17, 15) is 0 Å². The molecule has 0 aliphatic carbocycles. The van der Waals surface area contributed by atoms with Crippen molar-refractivity contribution in [2.24, 2.45) is 0 Å². The van der Waals surface area contributed by atoms with Crippen LogP contribution in [0.4, 0.5) is 5.69 Å². The van der Waals surface area contributed by atoms with Crippen molar-refractivity contribution in [2.75, 3.05) is 18.9 Å². The van der Waals surface area contributed by atoms with Crippen molar-refractivity contribution in [1.29, 1.82) is 0 Å². The van der Waals surface area contributed by atoms with Gasteiger partial charge in [-0.25, -0.2) is 4.98 Å². The Hall–Kier alpha value is -1.39. The molecule has 3 rings (SSSR count). The van der Waals surface area contributed by atoms with Crippen molar-refractivity contribution < 1.29 is 4.74 Å². The molecule has 0 spiro atoms. The third-order valence-corrected chi connectivity index (χ3v) is 3.95. The highest BCUT2D eigenvalue weighted by Gasteiger charge is 2.20. The Morgan fingerprint density at radius 1 is 1.35 bits per heavy atom. The van der Waals surface area contributed by atoms with Gasteiger partial charge in [0.15, 0.2) is 0 Å². The van der Waals surface area contributed by atoms with E-state index in [4.69, 9.17) is 10.5 Å². The zero-order valence-corrected chi connectivity index (χ0v) is 10.2. The maximum absolute atomic E-state index is 5.96. The minimum atomic E-state index is 0.463. The number of nitrogen functional groups attached to an aromatic ring is 1. The Morgan fingerprint density at radius 2 is 2.24 bits per heavy atom. The number of nitrogens with zero attached hydrogens (tertiary/aromatic N) is 1. The summed E-state index contributed by atoms with van der Waals surface area (Å²) in [6.45, 7) is 1.65. The van der Waals surface area contributed by atoms with Gasteiger partial charge in [0.1, 0.15) is 5.01 Å². The van der Waals surface area contributed by atoms with Gasteiger partial charge >= 0.3 is 0 Å². The zero-order chi connectivity index (χ0) is 11.7. The van der Waals surface area contributed by atoms with Crippen molar-refractivity contribution in [3.05, 3.63) is 35.3 Å². The summed E-state index contributed by atoms with van der Waals surface area (Å²) in [4.78, 5) is 4.68. The lowest BCUT2D eigenvalue weighted by Crippen LogP contribution is -1.97. The average Bonchev–Trinajstić information content (AvgIpc) is 3.00. The summed E-state index contributed by atoms with van der Waals surface area (Å²) in [6.07, 6.45) is 1.08. The second kappa shape index (κ2) is 4.47. The molecular formula is C13H14N2OS. The van der Waals surface area contributed by atoms with Crippen LogP contribution >= 0.6 is 11.3 Å². The summed E-state index contributed by atoms with van der Waals surface area (Å²) in [7, 11) is 0. The van der Waals surface area contributed by atoms with Crippen molar-refractivity contribution in [3.8, 4) is 10.6 Å². The van der Waals surface area contributed by atoms with E-state index in [1.165, 1.54) is 0 Å². The summed E-state index contributed by atoms with van der Waals surface area (Å²) in [5.74, 6) is 0.463. The molecule has 0 saturated carbocycles. The van der Waals surface area contributed by atoms with Crippen LogP contribution in [-0.2, 0) is 4.74 Å². The fourth-order valence-electron chi connectivity index (χ4n) is 2.06. The van der Waals surface area contributed by atoms with Gasteiger partial charge in [0, 0.05) is 29.2 Å². The van der Waals surface area contributed by atoms with Gasteiger partial charge in [-0.1, -0.05) is 12.1 Å². The number of benzene rings is 1. The third-order valence-electron chi connectivity index (χ3n) is 3.06. The molecule has 1 fully saturated rings. The smallest absolute Gasteiger partial charge is 0.125 e. The molecule has 1 atom stereocenters. The summed E-state index contributed by atoms with van der Waals surface area (Å²) in [6, 6.07) is 7.86. The Labute approximate surface area is 104 Å². The molecule has 0 bridgehead atoms. The number of nitrogens with two attached hydrogens (primary N) is 1. The maximum Gasteiger partial charge on any atom is 0.125 e. The highest BCUT2D eigenvalue weighted by Crippen LogP contribution is 2.32. The van der Waals surface area contributed by atoms with E-state index in [0.29, 0.717) is 5.92 Å². The van der Waals surface area contributed by atoms with Crippen LogP contribution in [0.3, 0.4) is 0 Å². The molecule has 4 heteroatoms. The van der Waals surface area contributed by atoms with Crippen LogP contribution in [-0.4, -0.2) is 18.2 Å². The second-order valence-electron chi connectivity index (χ2n) is 4.23. The van der Waals surface area contributed by atoms with E-state index in [0.717, 1.165) is 41.6 Å². The van der Waals surface area contributed by atoms with Gasteiger partial charge in [-0.05, 0) is 18.6 Å². The number of thiazole rings is 1. The lowest BCUT2D eigenvalue weighted by Gasteiger charge is -2.03. The summed E-state index contributed by atoms with van der Waals surface area (Å²) in [5, 5.41) is 3.13. The summed E-state index contributed by atoms with van der Waals surface area (Å²) >= 11 is 1.66. The first kappa shape index (κ1) is 10.7. The van der Waals surface area contributed by atoms with Gasteiger partial charge in [-0.2, -0.15) is 0 Å². The van der Waals surface area contributed by atoms with E-state index >= 15 is 0 Å². The quantitative estimate of drug-likeness (QED) is 0.829.